The van der Waals surface area contributed by atoms with Gasteiger partial charge in [-0.3, -0.25) is 0 Å². The van der Waals surface area contributed by atoms with Crippen molar-refractivity contribution >= 4 is 78.2 Å². The monoisotopic (exact) mass is 369 g/mol. The van der Waals surface area contributed by atoms with Crippen LogP contribution in [0.4, 0.5) is 5.13 Å². The van der Waals surface area contributed by atoms with E-state index in [1.165, 1.54) is 11.3 Å². The topological polar surface area (TPSA) is 50.9 Å². The van der Waals surface area contributed by atoms with Gasteiger partial charge in [-0.05, 0) is 46.9 Å². The number of hydrogen-bond acceptors (Lipinski definition) is 3. The van der Waals surface area contributed by atoms with Crippen LogP contribution in [0.2, 0.25) is 5.02 Å². The molecule has 2 aromatic rings. The first-order valence-corrected chi connectivity index (χ1v) is 6.56. The molecular weight excluding hydrogens is 365 g/mol. The number of thiocarbonyl (C=S) groups is 1. The lowest BCUT2D eigenvalue weighted by atomic mass is 10.3. The molecule has 0 spiro atoms. The summed E-state index contributed by atoms with van der Waals surface area (Å²) < 4.78 is 2.04. The number of nitrogens with one attached hydrogen (secondary N) is 1. The summed E-state index contributed by atoms with van der Waals surface area (Å²) in [6, 6.07) is 3.75. The molecule has 0 atom stereocenters. The van der Waals surface area contributed by atoms with Crippen molar-refractivity contribution in [3.05, 3.63) is 20.7 Å². The molecule has 15 heavy (non-hydrogen) atoms. The smallest absolute Gasteiger partial charge is 0.190 e. The van der Waals surface area contributed by atoms with Gasteiger partial charge < -0.3 is 11.1 Å². The first-order chi connectivity index (χ1) is 7.06. The van der Waals surface area contributed by atoms with E-state index in [0.717, 1.165) is 13.8 Å². The summed E-state index contributed by atoms with van der Waals surface area (Å²) in [6.45, 7) is 0. The van der Waals surface area contributed by atoms with Gasteiger partial charge in [-0.15, -0.1) is 0 Å². The minimum Gasteiger partial charge on any atom is -0.376 e. The molecule has 0 aliphatic heterocycles. The van der Waals surface area contributed by atoms with E-state index in [1.807, 2.05) is 12.1 Å². The molecule has 0 aliphatic carbocycles. The molecule has 0 amide bonds. The highest BCUT2D eigenvalue weighted by Gasteiger charge is 2.08. The second-order valence-corrected chi connectivity index (χ2v) is 5.81. The van der Waals surface area contributed by atoms with Crippen LogP contribution in [-0.4, -0.2) is 10.1 Å². The van der Waals surface area contributed by atoms with Gasteiger partial charge in [0.2, 0.25) is 0 Å². The van der Waals surface area contributed by atoms with Crippen LogP contribution in [0.15, 0.2) is 12.1 Å². The van der Waals surface area contributed by atoms with Crippen molar-refractivity contribution < 1.29 is 0 Å². The van der Waals surface area contributed by atoms with Crippen molar-refractivity contribution in [3.63, 3.8) is 0 Å². The highest BCUT2D eigenvalue weighted by Crippen LogP contribution is 2.31. The lowest BCUT2D eigenvalue weighted by molar-refractivity contribution is 1.46. The average Bonchev–Trinajstić information content (AvgIpc) is 2.45. The third-order valence-corrected chi connectivity index (χ3v) is 3.70. The van der Waals surface area contributed by atoms with Crippen molar-refractivity contribution in [2.24, 2.45) is 5.73 Å². The Morgan fingerprint density at radius 2 is 2.33 bits per heavy atom. The minimum absolute atomic E-state index is 0.218. The zero-order chi connectivity index (χ0) is 11.0. The van der Waals surface area contributed by atoms with E-state index in [9.17, 15) is 0 Å². The van der Waals surface area contributed by atoms with Gasteiger partial charge in [-0.25, -0.2) is 4.98 Å². The van der Waals surface area contributed by atoms with Gasteiger partial charge in [0.1, 0.15) is 0 Å². The largest absolute Gasteiger partial charge is 0.376 e. The van der Waals surface area contributed by atoms with E-state index in [1.54, 1.807) is 0 Å². The first-order valence-electron chi connectivity index (χ1n) is 3.88. The molecule has 3 N–H and O–H groups in total. The minimum atomic E-state index is 0.218. The molecule has 0 fully saturated rings. The van der Waals surface area contributed by atoms with E-state index in [0.29, 0.717) is 10.2 Å². The van der Waals surface area contributed by atoms with Crippen LogP contribution in [0.3, 0.4) is 0 Å². The molecule has 0 radical (unpaired) electrons. The predicted octanol–water partition coefficient (Wildman–Crippen LogP) is 3.21. The highest BCUT2D eigenvalue weighted by molar-refractivity contribution is 14.1. The second-order valence-electron chi connectivity index (χ2n) is 2.74. The maximum Gasteiger partial charge on any atom is 0.190 e. The van der Waals surface area contributed by atoms with Gasteiger partial charge in [0, 0.05) is 8.59 Å². The molecule has 1 aromatic carbocycles. The van der Waals surface area contributed by atoms with Crippen LogP contribution in [0, 0.1) is 3.57 Å². The van der Waals surface area contributed by atoms with Crippen LogP contribution in [-0.2, 0) is 0 Å². The number of aromatic nitrogens is 1. The van der Waals surface area contributed by atoms with E-state index in [-0.39, 0.29) is 5.11 Å². The van der Waals surface area contributed by atoms with Crippen LogP contribution in [0.1, 0.15) is 0 Å². The second kappa shape index (κ2) is 4.36. The van der Waals surface area contributed by atoms with Gasteiger partial charge in [-0.2, -0.15) is 0 Å². The van der Waals surface area contributed by atoms with Crippen LogP contribution < -0.4 is 11.1 Å². The molecule has 0 saturated heterocycles. The Bertz CT molecular complexity index is 540. The molecule has 1 aromatic heterocycles. The molecule has 1 heterocycles. The third-order valence-electron chi connectivity index (χ3n) is 1.64. The van der Waals surface area contributed by atoms with Crippen molar-refractivity contribution in [1.29, 1.82) is 0 Å². The summed E-state index contributed by atoms with van der Waals surface area (Å²) in [7, 11) is 0. The van der Waals surface area contributed by atoms with Crippen molar-refractivity contribution in [2.45, 2.75) is 0 Å². The first kappa shape index (κ1) is 11.3. The van der Waals surface area contributed by atoms with E-state index in [4.69, 9.17) is 29.6 Å². The summed E-state index contributed by atoms with van der Waals surface area (Å²) in [5.41, 5.74) is 6.29. The highest BCUT2D eigenvalue weighted by atomic mass is 127. The number of anilines is 1. The maximum atomic E-state index is 5.94. The Labute approximate surface area is 114 Å². The molecule has 0 saturated carbocycles. The third kappa shape index (κ3) is 2.49. The summed E-state index contributed by atoms with van der Waals surface area (Å²) in [5.74, 6) is 0. The summed E-state index contributed by atoms with van der Waals surface area (Å²) in [5, 5.41) is 4.43. The number of benzene rings is 1. The number of thiazole rings is 1. The molecule has 3 nitrogen and oxygen atoms in total. The quantitative estimate of drug-likeness (QED) is 0.599. The van der Waals surface area contributed by atoms with E-state index >= 15 is 0 Å². The average molecular weight is 370 g/mol. The van der Waals surface area contributed by atoms with Crippen LogP contribution in [0.5, 0.6) is 0 Å². The summed E-state index contributed by atoms with van der Waals surface area (Å²) in [6.07, 6.45) is 0. The zero-order valence-electron chi connectivity index (χ0n) is 7.25. The SMILES string of the molecule is NC(=S)Nc1nc2c(I)cc(Cl)cc2s1. The molecule has 0 aliphatic rings. The number of rotatable bonds is 1. The lowest BCUT2D eigenvalue weighted by Crippen LogP contribution is -2.18. The fourth-order valence-corrected chi connectivity index (χ4v) is 3.62. The molecule has 2 rings (SSSR count). The zero-order valence-corrected chi connectivity index (χ0v) is 11.8. The molecular formula is C8H5ClIN3S2. The van der Waals surface area contributed by atoms with Crippen LogP contribution >= 0.6 is 57.7 Å². The number of nitrogens with zero attached hydrogens (tertiary/aromatic N) is 1. The van der Waals surface area contributed by atoms with Gasteiger partial charge in [0.15, 0.2) is 10.2 Å². The Morgan fingerprint density at radius 1 is 1.60 bits per heavy atom. The predicted molar refractivity (Wildman–Crippen MR) is 77.8 cm³/mol. The number of hydrogen-bond donors (Lipinski definition) is 2. The van der Waals surface area contributed by atoms with Gasteiger partial charge in [0.05, 0.1) is 10.2 Å². The Hall–Kier alpha value is -0.180. The van der Waals surface area contributed by atoms with Gasteiger partial charge in [-0.1, -0.05) is 22.9 Å². The fraction of sp³-hybridized carbons (Fsp3) is 0. The number of nitrogens with two attached hydrogens (primary N) is 1. The lowest BCUT2D eigenvalue weighted by Gasteiger charge is -1.94. The van der Waals surface area contributed by atoms with E-state index < -0.39 is 0 Å². The fourth-order valence-electron chi connectivity index (χ4n) is 1.12. The number of fused-ring (bicyclic) bond motifs is 1. The maximum absolute atomic E-state index is 5.94. The van der Waals surface area contributed by atoms with Crippen molar-refractivity contribution in [3.8, 4) is 0 Å². The molecule has 7 heteroatoms. The van der Waals surface area contributed by atoms with Crippen molar-refractivity contribution in [2.75, 3.05) is 5.32 Å². The van der Waals surface area contributed by atoms with Crippen LogP contribution in [0.25, 0.3) is 10.2 Å². The Balaban J connectivity index is 2.55. The molecule has 78 valence electrons. The number of halogens is 2. The van der Waals surface area contributed by atoms with E-state index in [2.05, 4.69) is 32.9 Å². The Morgan fingerprint density at radius 3 is 3.00 bits per heavy atom. The normalized spacial score (nSPS) is 10.5. The summed E-state index contributed by atoms with van der Waals surface area (Å²) >= 11 is 14.4. The molecule has 0 unspecified atom stereocenters. The van der Waals surface area contributed by atoms with Gasteiger partial charge in [0.25, 0.3) is 0 Å². The molecule has 0 bridgehead atoms. The van der Waals surface area contributed by atoms with Gasteiger partial charge >= 0.3 is 0 Å². The standard InChI is InChI=1S/C8H5ClIN3S2/c9-3-1-4(10)6-5(2-3)15-8(12-6)13-7(11)14/h1-2H,(H3,11,12,13,14). The Kier molecular flexibility index (Phi) is 3.29. The summed E-state index contributed by atoms with van der Waals surface area (Å²) in [4.78, 5) is 4.37. The van der Waals surface area contributed by atoms with Crippen molar-refractivity contribution in [1.82, 2.24) is 4.98 Å².